The van der Waals surface area contributed by atoms with Crippen molar-refractivity contribution in [3.63, 3.8) is 0 Å². The van der Waals surface area contributed by atoms with Crippen molar-refractivity contribution >= 4 is 68.9 Å². The van der Waals surface area contributed by atoms with E-state index in [1.807, 2.05) is 0 Å². The number of aromatic nitrogens is 1. The summed E-state index contributed by atoms with van der Waals surface area (Å²) in [7, 11) is 1.51. The largest absolute Gasteiger partial charge is 0.476 e. The van der Waals surface area contributed by atoms with Gasteiger partial charge in [-0.15, -0.1) is 0 Å². The van der Waals surface area contributed by atoms with Crippen molar-refractivity contribution in [3.8, 4) is 0 Å². The van der Waals surface area contributed by atoms with Crippen molar-refractivity contribution < 1.29 is 29.0 Å². The summed E-state index contributed by atoms with van der Waals surface area (Å²) in [5.41, 5.74) is 4.07. The van der Waals surface area contributed by atoms with Crippen molar-refractivity contribution in [1.82, 2.24) is 4.98 Å². The molecule has 0 aliphatic heterocycles. The maximum atomic E-state index is 12.8. The number of thiazole rings is 1. The molecule has 33 heavy (non-hydrogen) atoms. The Morgan fingerprint density at radius 3 is 2.36 bits per heavy atom. The van der Waals surface area contributed by atoms with Gasteiger partial charge in [0, 0.05) is 12.1 Å². The molecule has 1 aliphatic carbocycles. The molecule has 0 atom stereocenters. The second-order valence-corrected chi connectivity index (χ2v) is 9.67. The summed E-state index contributed by atoms with van der Waals surface area (Å²) in [6, 6.07) is 2.68. The van der Waals surface area contributed by atoms with E-state index in [0.29, 0.717) is 25.7 Å². The first-order valence-electron chi connectivity index (χ1n) is 9.70. The molecule has 2 amide bonds. The second kappa shape index (κ2) is 10.5. The van der Waals surface area contributed by atoms with E-state index in [1.54, 1.807) is 0 Å². The quantitative estimate of drug-likeness (QED) is 0.426. The van der Waals surface area contributed by atoms with Crippen LogP contribution in [-0.4, -0.2) is 47.9 Å². The van der Waals surface area contributed by atoms with Crippen molar-refractivity contribution in [2.75, 3.05) is 19.2 Å². The lowest BCUT2D eigenvalue weighted by molar-refractivity contribution is -0.128. The zero-order valence-electron chi connectivity index (χ0n) is 17.3. The first-order chi connectivity index (χ1) is 15.6. The highest BCUT2D eigenvalue weighted by molar-refractivity contribution is 7.16. The number of primary amides is 1. The van der Waals surface area contributed by atoms with Crippen LogP contribution in [0.5, 0.6) is 0 Å². The molecule has 1 saturated carbocycles. The fourth-order valence-corrected chi connectivity index (χ4v) is 5.85. The molecule has 4 N–H and O–H groups in total. The number of carboxylic acids is 1. The number of hydrogen-bond acceptors (Lipinski definition) is 7. The van der Waals surface area contributed by atoms with E-state index >= 15 is 0 Å². The van der Waals surface area contributed by atoms with Gasteiger partial charge in [0.25, 0.3) is 5.91 Å². The number of carboxylic acid groups (broad SMARTS) is 1. The predicted molar refractivity (Wildman–Crippen MR) is 125 cm³/mol. The molecule has 1 aromatic carbocycles. The van der Waals surface area contributed by atoms with Crippen molar-refractivity contribution in [2.45, 2.75) is 37.2 Å². The number of nitrogens with two attached hydrogens (primary N) is 1. The highest BCUT2D eigenvalue weighted by Crippen LogP contribution is 2.44. The molecule has 1 aromatic heterocycles. The molecule has 0 spiro atoms. The van der Waals surface area contributed by atoms with Crippen molar-refractivity contribution in [3.05, 3.63) is 43.5 Å². The first-order valence-corrected chi connectivity index (χ1v) is 11.6. The Bertz CT molecular complexity index is 1060. The van der Waals surface area contributed by atoms with Crippen LogP contribution in [0.15, 0.2) is 12.1 Å². The van der Waals surface area contributed by atoms with E-state index in [0.717, 1.165) is 11.3 Å². The Kier molecular flexibility index (Phi) is 8.20. The van der Waals surface area contributed by atoms with Gasteiger partial charge in [-0.3, -0.25) is 9.59 Å². The molecule has 0 saturated heterocycles. The number of carbonyl (C=O) groups is 3. The Balaban J connectivity index is 1.92. The number of rotatable bonds is 8. The average Bonchev–Trinajstić information content (AvgIpc) is 3.16. The van der Waals surface area contributed by atoms with Crippen LogP contribution in [0.3, 0.4) is 0 Å². The number of amides is 2. The number of methoxy groups -OCH3 is 1. The number of anilines is 1. The Morgan fingerprint density at radius 2 is 1.85 bits per heavy atom. The van der Waals surface area contributed by atoms with E-state index in [4.69, 9.17) is 50.0 Å². The summed E-state index contributed by atoms with van der Waals surface area (Å²) >= 11 is 19.0. The van der Waals surface area contributed by atoms with Crippen LogP contribution >= 0.6 is 46.1 Å². The van der Waals surface area contributed by atoms with E-state index in [9.17, 15) is 19.5 Å². The van der Waals surface area contributed by atoms with E-state index < -0.39 is 28.9 Å². The minimum atomic E-state index is -1.38. The number of nitrogens with zero attached hydrogens (tertiary/aromatic N) is 1. The molecule has 1 aliphatic rings. The molecule has 1 heterocycles. The normalized spacial score (nSPS) is 20.4. The molecule has 9 nitrogen and oxygen atoms in total. The summed E-state index contributed by atoms with van der Waals surface area (Å²) in [6.45, 7) is 0.126. The van der Waals surface area contributed by atoms with Crippen LogP contribution in [-0.2, 0) is 19.7 Å². The molecule has 0 bridgehead atoms. The van der Waals surface area contributed by atoms with E-state index in [-0.39, 0.29) is 43.5 Å². The van der Waals surface area contributed by atoms with Crippen LogP contribution in [0.1, 0.15) is 51.5 Å². The number of hydrogen-bond donors (Lipinski definition) is 3. The van der Waals surface area contributed by atoms with Gasteiger partial charge in [-0.2, -0.15) is 0 Å². The Labute approximate surface area is 208 Å². The van der Waals surface area contributed by atoms with Crippen LogP contribution in [0.2, 0.25) is 15.1 Å². The summed E-state index contributed by atoms with van der Waals surface area (Å²) in [5, 5.41) is 12.5. The standard InChI is InChI=1S/C20H20Cl3N3O6S/c1-31-8-32-10-2-4-20(5-3-10,18(24)30)19-25-14(17(28)29)16(33-19)26-15(27)13-11(22)6-9(21)7-12(13)23/h6-7,10H,2-5,8H2,1H3,(H2,24,30)(H,26,27)(H,28,29). The van der Waals surface area contributed by atoms with Gasteiger partial charge in [-0.05, 0) is 37.8 Å². The van der Waals surface area contributed by atoms with Crippen molar-refractivity contribution in [2.24, 2.45) is 5.73 Å². The fraction of sp³-hybridized carbons (Fsp3) is 0.400. The van der Waals surface area contributed by atoms with Crippen molar-refractivity contribution in [1.29, 1.82) is 0 Å². The molecule has 0 unspecified atom stereocenters. The van der Waals surface area contributed by atoms with Gasteiger partial charge in [0.15, 0.2) is 5.69 Å². The zero-order valence-corrected chi connectivity index (χ0v) is 20.4. The SMILES string of the molecule is COCOC1CCC(C(N)=O)(c2nc(C(=O)O)c(NC(=O)c3c(Cl)cc(Cl)cc3Cl)s2)CC1. The zero-order chi connectivity index (χ0) is 24.3. The molecule has 1 fully saturated rings. The van der Waals surface area contributed by atoms with Crippen LogP contribution in [0, 0.1) is 0 Å². The monoisotopic (exact) mass is 535 g/mol. The molecule has 13 heteroatoms. The Hall–Kier alpha value is -1.95. The molecular weight excluding hydrogens is 517 g/mol. The van der Waals surface area contributed by atoms with E-state index in [2.05, 4.69) is 10.3 Å². The van der Waals surface area contributed by atoms with Gasteiger partial charge in [-0.1, -0.05) is 46.1 Å². The number of nitrogens with one attached hydrogen (secondary N) is 1. The number of ether oxygens (including phenoxy) is 2. The third-order valence-electron chi connectivity index (χ3n) is 5.38. The lowest BCUT2D eigenvalue weighted by atomic mass is 9.73. The smallest absolute Gasteiger partial charge is 0.357 e. The highest BCUT2D eigenvalue weighted by Gasteiger charge is 2.45. The third kappa shape index (κ3) is 5.42. The molecule has 2 aromatic rings. The lowest BCUT2D eigenvalue weighted by Crippen LogP contribution is -2.45. The van der Waals surface area contributed by atoms with Gasteiger partial charge in [0.2, 0.25) is 5.91 Å². The van der Waals surface area contributed by atoms with E-state index in [1.165, 1.54) is 19.2 Å². The Morgan fingerprint density at radius 1 is 1.24 bits per heavy atom. The van der Waals surface area contributed by atoms with Gasteiger partial charge in [-0.25, -0.2) is 9.78 Å². The lowest BCUT2D eigenvalue weighted by Gasteiger charge is -2.35. The fourth-order valence-electron chi connectivity index (χ4n) is 3.66. The average molecular weight is 537 g/mol. The predicted octanol–water partition coefficient (Wildman–Crippen LogP) is 4.34. The van der Waals surface area contributed by atoms with Gasteiger partial charge in [0.05, 0.1) is 21.7 Å². The van der Waals surface area contributed by atoms with Gasteiger partial charge >= 0.3 is 5.97 Å². The first kappa shape index (κ1) is 25.7. The van der Waals surface area contributed by atoms with Gasteiger partial charge < -0.3 is 25.6 Å². The van der Waals surface area contributed by atoms with Gasteiger partial charge in [0.1, 0.15) is 22.2 Å². The number of benzene rings is 1. The van der Waals surface area contributed by atoms with Crippen LogP contribution < -0.4 is 11.1 Å². The summed E-state index contributed by atoms with van der Waals surface area (Å²) in [6.07, 6.45) is 1.51. The summed E-state index contributed by atoms with van der Waals surface area (Å²) in [4.78, 5) is 41.3. The van der Waals surface area contributed by atoms with Crippen LogP contribution in [0.4, 0.5) is 5.00 Å². The molecular formula is C20H20Cl3N3O6S. The van der Waals surface area contributed by atoms with Crippen LogP contribution in [0.25, 0.3) is 0 Å². The minimum Gasteiger partial charge on any atom is -0.476 e. The minimum absolute atomic E-state index is 0.00500. The topological polar surface area (TPSA) is 141 Å². The summed E-state index contributed by atoms with van der Waals surface area (Å²) < 4.78 is 10.5. The highest BCUT2D eigenvalue weighted by atomic mass is 35.5. The molecule has 0 radical (unpaired) electrons. The maximum absolute atomic E-state index is 12.8. The number of halogens is 3. The number of carbonyl (C=O) groups excluding carboxylic acids is 2. The second-order valence-electron chi connectivity index (χ2n) is 7.42. The molecule has 178 valence electrons. The maximum Gasteiger partial charge on any atom is 0.357 e. The summed E-state index contributed by atoms with van der Waals surface area (Å²) in [5.74, 6) is -2.75. The third-order valence-corrected chi connectivity index (χ3v) is 7.37. The molecule has 3 rings (SSSR count). The number of aromatic carboxylic acids is 1.